The summed E-state index contributed by atoms with van der Waals surface area (Å²) in [5, 5.41) is 3.70. The van der Waals surface area contributed by atoms with Gasteiger partial charge in [0.2, 0.25) is 0 Å². The fourth-order valence-corrected chi connectivity index (χ4v) is 5.11. The number of rotatable bonds is 18. The van der Waals surface area contributed by atoms with Crippen LogP contribution in [0, 0.1) is 0 Å². The van der Waals surface area contributed by atoms with Crippen molar-refractivity contribution < 1.29 is 28.5 Å². The lowest BCUT2D eigenvalue weighted by atomic mass is 9.81. The average molecular weight is 593 g/mol. The van der Waals surface area contributed by atoms with Gasteiger partial charge in [0.05, 0.1) is 0 Å². The van der Waals surface area contributed by atoms with E-state index < -0.39 is 0 Å². The normalized spacial score (nSPS) is 13.1. The van der Waals surface area contributed by atoms with Crippen LogP contribution in [-0.4, -0.2) is 37.4 Å². The van der Waals surface area contributed by atoms with Gasteiger partial charge < -0.3 is 18.9 Å². The summed E-state index contributed by atoms with van der Waals surface area (Å²) >= 11 is 0. The molecule has 0 aromatic heterocycles. The number of carbonyl (C=O) groups is 2. The summed E-state index contributed by atoms with van der Waals surface area (Å²) in [7, 11) is 0. The fraction of sp³-hybridized carbons (Fsp3) is 0.568. The highest BCUT2D eigenvalue weighted by Crippen LogP contribution is 2.44. The number of fused-ring (bicyclic) bond motifs is 2. The first kappa shape index (κ1) is 34.2. The molecule has 2 atom stereocenters. The predicted octanol–water partition coefficient (Wildman–Crippen LogP) is 9.46. The number of carbonyl (C=O) groups excluding carboxylic acids is 2. The Bertz CT molecular complexity index is 1340. The molecule has 0 saturated carbocycles. The summed E-state index contributed by atoms with van der Waals surface area (Å²) in [4.78, 5) is 24.6. The molecule has 6 nitrogen and oxygen atoms in total. The molecule has 0 aliphatic heterocycles. The molecule has 3 aromatic rings. The molecule has 2 unspecified atom stereocenters. The van der Waals surface area contributed by atoms with Crippen molar-refractivity contribution in [2.45, 2.75) is 124 Å². The van der Waals surface area contributed by atoms with E-state index in [1.165, 1.54) is 5.56 Å². The second-order valence-electron chi connectivity index (χ2n) is 12.3. The van der Waals surface area contributed by atoms with Crippen LogP contribution >= 0.6 is 0 Å². The van der Waals surface area contributed by atoms with Crippen molar-refractivity contribution in [1.82, 2.24) is 0 Å². The van der Waals surface area contributed by atoms with E-state index in [1.54, 1.807) is 0 Å². The minimum absolute atomic E-state index is 0.0278. The molecule has 0 amide bonds. The Morgan fingerprint density at radius 2 is 1.14 bits per heavy atom. The molecule has 0 aliphatic rings. The minimum atomic E-state index is -0.387. The molecule has 236 valence electrons. The van der Waals surface area contributed by atoms with Crippen LogP contribution in [0.5, 0.6) is 11.5 Å². The summed E-state index contributed by atoms with van der Waals surface area (Å²) < 4.78 is 24.3. The van der Waals surface area contributed by atoms with Gasteiger partial charge >= 0.3 is 11.9 Å². The summed E-state index contributed by atoms with van der Waals surface area (Å²) in [6.45, 7) is 15.1. The van der Waals surface area contributed by atoms with Gasteiger partial charge in [-0.1, -0.05) is 96.7 Å². The third-order valence-electron chi connectivity index (χ3n) is 8.15. The Morgan fingerprint density at radius 3 is 1.60 bits per heavy atom. The Balaban J connectivity index is 1.94. The zero-order chi connectivity index (χ0) is 31.4. The van der Waals surface area contributed by atoms with E-state index in [4.69, 9.17) is 18.9 Å². The Hall–Kier alpha value is -3.28. The van der Waals surface area contributed by atoms with Crippen molar-refractivity contribution in [1.29, 1.82) is 0 Å². The van der Waals surface area contributed by atoms with Crippen molar-refractivity contribution in [2.75, 3.05) is 13.2 Å². The molecular formula is C37H52O6. The minimum Gasteiger partial charge on any atom is -0.488 e. The largest absolute Gasteiger partial charge is 0.488 e. The van der Waals surface area contributed by atoms with Gasteiger partial charge in [-0.15, -0.1) is 0 Å². The van der Waals surface area contributed by atoms with E-state index in [-0.39, 0.29) is 42.8 Å². The van der Waals surface area contributed by atoms with Gasteiger partial charge in [0.15, 0.2) is 0 Å². The van der Waals surface area contributed by atoms with E-state index >= 15 is 0 Å². The third-order valence-corrected chi connectivity index (χ3v) is 8.15. The van der Waals surface area contributed by atoms with Crippen LogP contribution in [0.2, 0.25) is 0 Å². The molecule has 43 heavy (non-hydrogen) atoms. The summed E-state index contributed by atoms with van der Waals surface area (Å²) in [6.07, 6.45) is 6.91. The first-order chi connectivity index (χ1) is 20.6. The summed E-state index contributed by atoms with van der Waals surface area (Å²) in [5.41, 5.74) is 1.18. The van der Waals surface area contributed by atoms with Crippen LogP contribution in [-0.2, 0) is 24.5 Å². The molecule has 0 N–H and O–H groups in total. The lowest BCUT2D eigenvalue weighted by Gasteiger charge is -2.26. The number of unbranched alkanes of at least 4 members (excludes halogenated alkanes) is 4. The molecule has 6 heteroatoms. The Labute approximate surface area is 258 Å². The second kappa shape index (κ2) is 16.5. The predicted molar refractivity (Wildman–Crippen MR) is 175 cm³/mol. The van der Waals surface area contributed by atoms with Crippen LogP contribution in [0.3, 0.4) is 0 Å². The van der Waals surface area contributed by atoms with Gasteiger partial charge in [-0.3, -0.25) is 9.59 Å². The number of benzene rings is 3. The van der Waals surface area contributed by atoms with Crippen molar-refractivity contribution in [3.63, 3.8) is 0 Å². The third kappa shape index (κ3) is 9.61. The molecule has 0 fully saturated rings. The number of ether oxygens (including phenoxy) is 4. The molecule has 0 aliphatic carbocycles. The van der Waals surface area contributed by atoms with Crippen LogP contribution in [0.15, 0.2) is 42.5 Å². The van der Waals surface area contributed by atoms with Crippen molar-refractivity contribution in [2.24, 2.45) is 0 Å². The summed E-state index contributed by atoms with van der Waals surface area (Å²) in [6, 6.07) is 14.5. The van der Waals surface area contributed by atoms with Gasteiger partial charge in [-0.25, -0.2) is 0 Å². The smallest absolute Gasteiger partial charge is 0.306 e. The zero-order valence-corrected chi connectivity index (χ0v) is 27.4. The molecule has 0 spiro atoms. The van der Waals surface area contributed by atoms with E-state index in [0.29, 0.717) is 12.8 Å². The lowest BCUT2D eigenvalue weighted by Crippen LogP contribution is -2.22. The maximum absolute atomic E-state index is 12.3. The molecule has 0 saturated heterocycles. The fourth-order valence-electron chi connectivity index (χ4n) is 5.11. The van der Waals surface area contributed by atoms with Crippen LogP contribution in [0.4, 0.5) is 0 Å². The van der Waals surface area contributed by atoms with E-state index in [2.05, 4.69) is 52.8 Å². The van der Waals surface area contributed by atoms with Crippen LogP contribution < -0.4 is 9.47 Å². The molecule has 0 heterocycles. The van der Waals surface area contributed by atoms with Crippen molar-refractivity contribution >= 4 is 33.5 Å². The quantitative estimate of drug-likeness (QED) is 0.0832. The maximum Gasteiger partial charge on any atom is 0.306 e. The average Bonchev–Trinajstić information content (AvgIpc) is 2.98. The molecule has 3 rings (SSSR count). The maximum atomic E-state index is 12.3. The Morgan fingerprint density at radius 1 is 0.674 bits per heavy atom. The van der Waals surface area contributed by atoms with Gasteiger partial charge in [0.25, 0.3) is 0 Å². The molecule has 0 radical (unpaired) electrons. The monoisotopic (exact) mass is 592 g/mol. The van der Waals surface area contributed by atoms with Gasteiger partial charge in [0.1, 0.15) is 36.9 Å². The number of esters is 2. The van der Waals surface area contributed by atoms with Crippen LogP contribution in [0.1, 0.15) is 112 Å². The van der Waals surface area contributed by atoms with Crippen LogP contribution in [0.25, 0.3) is 21.5 Å². The lowest BCUT2D eigenvalue weighted by molar-refractivity contribution is -0.150. The first-order valence-corrected chi connectivity index (χ1v) is 16.2. The number of hydrogen-bond acceptors (Lipinski definition) is 6. The second-order valence-corrected chi connectivity index (χ2v) is 12.3. The zero-order valence-electron chi connectivity index (χ0n) is 27.4. The van der Waals surface area contributed by atoms with Gasteiger partial charge in [0, 0.05) is 34.4 Å². The highest BCUT2D eigenvalue weighted by atomic mass is 16.6. The van der Waals surface area contributed by atoms with E-state index in [0.717, 1.165) is 78.0 Å². The molecule has 3 aromatic carbocycles. The van der Waals surface area contributed by atoms with E-state index in [9.17, 15) is 9.59 Å². The summed E-state index contributed by atoms with van der Waals surface area (Å²) in [5.74, 6) is 1.11. The highest BCUT2D eigenvalue weighted by molar-refractivity contribution is 6.11. The van der Waals surface area contributed by atoms with Crippen molar-refractivity contribution in [3.8, 4) is 11.5 Å². The Kier molecular flexibility index (Phi) is 13.2. The standard InChI is InChI=1S/C37H52O6/c1-8-11-13-19-33(38)42-26(4)24-40-35-29-17-15-16-18-30(29)36(41-25-27(5)43-34(39)20-14-12-9-2)32-23-28(21-22-31(32)35)37(6,7)10-3/h15-18,21-23,26-27H,8-14,19-20,24-25H2,1-7H3. The van der Waals surface area contributed by atoms with Gasteiger partial charge in [-0.2, -0.15) is 0 Å². The SMILES string of the molecule is CCCCCC(=O)OC(C)COc1c2ccccc2c(OCC(C)OC(=O)CCCCC)c2cc(C(C)(C)CC)ccc12. The molecular weight excluding hydrogens is 540 g/mol. The van der Waals surface area contributed by atoms with Crippen molar-refractivity contribution in [3.05, 3.63) is 48.0 Å². The van der Waals surface area contributed by atoms with Gasteiger partial charge in [-0.05, 0) is 50.2 Å². The molecule has 0 bridgehead atoms. The highest BCUT2D eigenvalue weighted by Gasteiger charge is 2.23. The van der Waals surface area contributed by atoms with E-state index in [1.807, 2.05) is 38.1 Å². The number of hydrogen-bond donors (Lipinski definition) is 0. The topological polar surface area (TPSA) is 71.1 Å². The first-order valence-electron chi connectivity index (χ1n) is 16.2.